The molecule has 0 aliphatic rings. The molecule has 4 heteroatoms. The highest BCUT2D eigenvalue weighted by atomic mass is 32.1. The molecule has 63 heavy (non-hydrogen) atoms. The Hall–Kier alpha value is -8.05. The number of nitrogens with zero attached hydrogens (tertiary/aromatic N) is 3. The van der Waals surface area contributed by atoms with Crippen LogP contribution in [0.2, 0.25) is 0 Å². The molecule has 9 aromatic carbocycles. The molecule has 0 bridgehead atoms. The Balaban J connectivity index is 0.896. The Bertz CT molecular complexity index is 3520. The quantitative estimate of drug-likeness (QED) is 0.150. The van der Waals surface area contributed by atoms with Crippen molar-refractivity contribution in [2.24, 2.45) is 0 Å². The minimum absolute atomic E-state index is 0.692. The summed E-state index contributed by atoms with van der Waals surface area (Å²) >= 11 is 1.83. The van der Waals surface area contributed by atoms with E-state index in [0.717, 1.165) is 61.5 Å². The Kier molecular flexibility index (Phi) is 9.02. The van der Waals surface area contributed by atoms with Gasteiger partial charge in [-0.3, -0.25) is 0 Å². The lowest BCUT2D eigenvalue weighted by atomic mass is 9.97. The van der Waals surface area contributed by atoms with E-state index in [4.69, 9.17) is 15.0 Å². The molecule has 0 saturated heterocycles. The first-order valence-electron chi connectivity index (χ1n) is 21.2. The molecule has 0 atom stereocenters. The van der Waals surface area contributed by atoms with Crippen LogP contribution in [0.4, 0.5) is 0 Å². The second-order valence-corrected chi connectivity index (χ2v) is 17.0. The predicted octanol–water partition coefficient (Wildman–Crippen LogP) is 16.2. The van der Waals surface area contributed by atoms with Crippen molar-refractivity contribution >= 4 is 53.2 Å². The number of aromatic nitrogens is 3. The zero-order chi connectivity index (χ0) is 41.7. The summed E-state index contributed by atoms with van der Waals surface area (Å²) in [5, 5.41) is 6.27. The van der Waals surface area contributed by atoms with Crippen molar-refractivity contribution in [3.63, 3.8) is 0 Å². The molecule has 3 aromatic heterocycles. The fourth-order valence-corrected chi connectivity index (χ4v) is 10.1. The smallest absolute Gasteiger partial charge is 0.160 e. The van der Waals surface area contributed by atoms with Crippen LogP contribution in [0, 0.1) is 0 Å². The first-order valence-corrected chi connectivity index (χ1v) is 22.1. The van der Waals surface area contributed by atoms with Crippen molar-refractivity contribution < 1.29 is 0 Å². The Morgan fingerprint density at radius 1 is 0.302 bits per heavy atom. The fourth-order valence-electron chi connectivity index (χ4n) is 8.88. The van der Waals surface area contributed by atoms with Crippen LogP contribution in [0.5, 0.6) is 0 Å². The van der Waals surface area contributed by atoms with Crippen LogP contribution >= 0.6 is 11.3 Å². The van der Waals surface area contributed by atoms with Crippen molar-refractivity contribution in [2.45, 2.75) is 0 Å². The van der Waals surface area contributed by atoms with E-state index >= 15 is 0 Å². The Morgan fingerprint density at radius 2 is 0.746 bits per heavy atom. The summed E-state index contributed by atoms with van der Waals surface area (Å²) in [6, 6.07) is 79.6. The van der Waals surface area contributed by atoms with Gasteiger partial charge in [-0.15, -0.1) is 11.3 Å². The molecule has 0 radical (unpaired) electrons. The number of benzene rings is 9. The summed E-state index contributed by atoms with van der Waals surface area (Å²) < 4.78 is 2.50. The molecule has 0 saturated carbocycles. The summed E-state index contributed by atoms with van der Waals surface area (Å²) in [5.74, 6) is 0.692. The normalized spacial score (nSPS) is 11.5. The molecular weight excluding hydrogens is 783 g/mol. The van der Waals surface area contributed by atoms with Gasteiger partial charge >= 0.3 is 0 Å². The van der Waals surface area contributed by atoms with Crippen molar-refractivity contribution in [2.75, 3.05) is 0 Å². The SMILES string of the molecule is c1ccc(-c2ccc(-c3cc(-c4ccc(-c5ccc(-c6nc7ccc8ccccc8c7c7c6sc6ccccc67)cc5)cc4)nc(-c4ccc(-c5ccccc5)cc4)n3)cc2)cc1. The van der Waals surface area contributed by atoms with E-state index in [9.17, 15) is 0 Å². The summed E-state index contributed by atoms with van der Waals surface area (Å²) in [4.78, 5) is 15.7. The third kappa shape index (κ3) is 6.74. The van der Waals surface area contributed by atoms with E-state index in [2.05, 4.69) is 212 Å². The number of pyridine rings is 1. The Labute approximate surface area is 369 Å². The van der Waals surface area contributed by atoms with Crippen LogP contribution in [0.3, 0.4) is 0 Å². The van der Waals surface area contributed by atoms with E-state index < -0.39 is 0 Å². The maximum atomic E-state index is 5.36. The predicted molar refractivity (Wildman–Crippen MR) is 266 cm³/mol. The molecule has 0 amide bonds. The highest BCUT2D eigenvalue weighted by Gasteiger charge is 2.18. The van der Waals surface area contributed by atoms with Crippen LogP contribution in [0.25, 0.3) is 120 Å². The van der Waals surface area contributed by atoms with Gasteiger partial charge < -0.3 is 0 Å². The van der Waals surface area contributed by atoms with Gasteiger partial charge in [0, 0.05) is 43.1 Å². The standard InChI is InChI=1S/C59H37N3S/c1-3-11-38(12-4-1)40-19-27-45(28-20-40)52-37-53(62-59(61-52)48-33-25-41(26-34-48)39-13-5-2-6-14-39)46-29-21-42(22-30-46)43-23-31-47(32-24-43)57-58-56(50-17-9-10-18-54(50)63-58)55-49-16-8-7-15-44(49)35-36-51(55)60-57/h1-37H. The van der Waals surface area contributed by atoms with Gasteiger partial charge in [-0.2, -0.15) is 0 Å². The van der Waals surface area contributed by atoms with E-state index in [1.807, 2.05) is 23.5 Å². The maximum absolute atomic E-state index is 5.36. The summed E-state index contributed by atoms with van der Waals surface area (Å²) in [5.41, 5.74) is 14.9. The van der Waals surface area contributed by atoms with Crippen molar-refractivity contribution in [1.29, 1.82) is 0 Å². The molecule has 0 aliphatic heterocycles. The van der Waals surface area contributed by atoms with Gasteiger partial charge in [0.15, 0.2) is 5.82 Å². The fraction of sp³-hybridized carbons (Fsp3) is 0. The molecule has 3 nitrogen and oxygen atoms in total. The molecular formula is C59H37N3S. The minimum Gasteiger partial charge on any atom is -0.246 e. The molecule has 12 rings (SSSR count). The molecule has 0 fully saturated rings. The monoisotopic (exact) mass is 819 g/mol. The van der Waals surface area contributed by atoms with Gasteiger partial charge in [0.1, 0.15) is 0 Å². The van der Waals surface area contributed by atoms with Gasteiger partial charge in [-0.05, 0) is 62.4 Å². The summed E-state index contributed by atoms with van der Waals surface area (Å²) in [6.07, 6.45) is 0. The lowest BCUT2D eigenvalue weighted by Crippen LogP contribution is -1.96. The number of rotatable bonds is 7. The topological polar surface area (TPSA) is 38.7 Å². The Morgan fingerprint density at radius 3 is 1.32 bits per heavy atom. The average molecular weight is 820 g/mol. The van der Waals surface area contributed by atoms with E-state index in [0.29, 0.717) is 5.82 Å². The van der Waals surface area contributed by atoms with Gasteiger partial charge in [0.25, 0.3) is 0 Å². The minimum atomic E-state index is 0.692. The van der Waals surface area contributed by atoms with Crippen molar-refractivity contribution in [3.05, 3.63) is 224 Å². The molecule has 0 unspecified atom stereocenters. The van der Waals surface area contributed by atoms with Crippen LogP contribution in [0.15, 0.2) is 224 Å². The van der Waals surface area contributed by atoms with Crippen LogP contribution in [-0.2, 0) is 0 Å². The third-order valence-corrected chi connectivity index (χ3v) is 13.3. The largest absolute Gasteiger partial charge is 0.246 e. The van der Waals surface area contributed by atoms with Gasteiger partial charge in [-0.1, -0.05) is 206 Å². The highest BCUT2D eigenvalue weighted by Crippen LogP contribution is 2.45. The lowest BCUT2D eigenvalue weighted by Gasteiger charge is -2.12. The van der Waals surface area contributed by atoms with E-state index in [1.165, 1.54) is 53.0 Å². The second-order valence-electron chi connectivity index (χ2n) is 15.9. The van der Waals surface area contributed by atoms with Crippen molar-refractivity contribution in [1.82, 2.24) is 15.0 Å². The van der Waals surface area contributed by atoms with Crippen LogP contribution in [-0.4, -0.2) is 15.0 Å². The first kappa shape index (κ1) is 36.8. The summed E-state index contributed by atoms with van der Waals surface area (Å²) in [6.45, 7) is 0. The van der Waals surface area contributed by atoms with E-state index in [-0.39, 0.29) is 0 Å². The number of hydrogen-bond donors (Lipinski definition) is 0. The maximum Gasteiger partial charge on any atom is 0.160 e. The molecule has 3 heterocycles. The van der Waals surface area contributed by atoms with Gasteiger partial charge in [-0.25, -0.2) is 15.0 Å². The van der Waals surface area contributed by atoms with Gasteiger partial charge in [0.2, 0.25) is 0 Å². The average Bonchev–Trinajstić information content (AvgIpc) is 3.76. The summed E-state index contributed by atoms with van der Waals surface area (Å²) in [7, 11) is 0. The van der Waals surface area contributed by atoms with Crippen LogP contribution in [0.1, 0.15) is 0 Å². The van der Waals surface area contributed by atoms with Crippen molar-refractivity contribution in [3.8, 4) is 78.5 Å². The zero-order valence-electron chi connectivity index (χ0n) is 34.1. The first-order chi connectivity index (χ1) is 31.2. The number of fused-ring (bicyclic) bond motifs is 7. The number of thiophene rings is 1. The second kappa shape index (κ2) is 15.4. The molecule has 12 aromatic rings. The lowest BCUT2D eigenvalue weighted by molar-refractivity contribution is 1.18. The molecule has 0 N–H and O–H groups in total. The van der Waals surface area contributed by atoms with Gasteiger partial charge in [0.05, 0.1) is 27.3 Å². The molecule has 0 aliphatic carbocycles. The van der Waals surface area contributed by atoms with E-state index in [1.54, 1.807) is 0 Å². The molecule has 294 valence electrons. The zero-order valence-corrected chi connectivity index (χ0v) is 34.9. The third-order valence-electron chi connectivity index (χ3n) is 12.1. The van der Waals surface area contributed by atoms with Crippen LogP contribution < -0.4 is 0 Å². The highest BCUT2D eigenvalue weighted by molar-refractivity contribution is 7.26. The molecule has 0 spiro atoms. The number of hydrogen-bond acceptors (Lipinski definition) is 4.